The minimum atomic E-state index is 1.07. The lowest BCUT2D eigenvalue weighted by Gasteiger charge is -2.24. The summed E-state index contributed by atoms with van der Waals surface area (Å²) in [5.41, 5.74) is 0. The summed E-state index contributed by atoms with van der Waals surface area (Å²) < 4.78 is 0. The quantitative estimate of drug-likeness (QED) is 0.531. The monoisotopic (exact) mass is 165 g/mol. The molecule has 4 rings (SSSR count). The van der Waals surface area contributed by atoms with Crippen LogP contribution in [-0.2, 0) is 0 Å². The van der Waals surface area contributed by atoms with Crippen molar-refractivity contribution < 1.29 is 0 Å². The predicted octanol–water partition coefficient (Wildman–Crippen LogP) is 2.13. The van der Waals surface area contributed by atoms with Crippen molar-refractivity contribution in [3.05, 3.63) is 0 Å². The van der Waals surface area contributed by atoms with E-state index >= 15 is 0 Å². The highest BCUT2D eigenvalue weighted by atomic mass is 15.1. The van der Waals surface area contributed by atoms with Crippen LogP contribution in [0.1, 0.15) is 32.1 Å². The molecule has 1 heteroatoms. The summed E-state index contributed by atoms with van der Waals surface area (Å²) in [5, 5.41) is 0. The van der Waals surface area contributed by atoms with E-state index in [-0.39, 0.29) is 0 Å². The van der Waals surface area contributed by atoms with Crippen molar-refractivity contribution in [1.82, 2.24) is 4.90 Å². The van der Waals surface area contributed by atoms with Crippen LogP contribution in [0.4, 0.5) is 0 Å². The Morgan fingerprint density at radius 2 is 1.42 bits per heavy atom. The Morgan fingerprint density at radius 3 is 2.08 bits per heavy atom. The Balaban J connectivity index is 1.91. The lowest BCUT2D eigenvalue weighted by molar-refractivity contribution is 0.234. The maximum atomic E-state index is 2.75. The molecular weight excluding hydrogens is 146 g/mol. The molecule has 2 unspecified atom stereocenters. The molecule has 12 heavy (non-hydrogen) atoms. The molecule has 0 aromatic heterocycles. The van der Waals surface area contributed by atoms with Gasteiger partial charge in [-0.15, -0.1) is 0 Å². The summed E-state index contributed by atoms with van der Waals surface area (Å²) >= 11 is 0. The normalized spacial score (nSPS) is 52.0. The lowest BCUT2D eigenvalue weighted by Crippen LogP contribution is -2.29. The first-order valence-corrected chi connectivity index (χ1v) is 5.62. The predicted molar refractivity (Wildman–Crippen MR) is 50.0 cm³/mol. The van der Waals surface area contributed by atoms with E-state index in [0.29, 0.717) is 0 Å². The molecule has 3 aliphatic heterocycles. The van der Waals surface area contributed by atoms with Gasteiger partial charge in [-0.3, -0.25) is 0 Å². The number of rotatable bonds is 0. The third-order valence-corrected chi connectivity index (χ3v) is 4.20. The summed E-state index contributed by atoms with van der Waals surface area (Å²) in [6, 6.07) is 0. The van der Waals surface area contributed by atoms with Gasteiger partial charge in [-0.25, -0.2) is 0 Å². The van der Waals surface area contributed by atoms with Gasteiger partial charge in [-0.05, 0) is 56.4 Å². The van der Waals surface area contributed by atoms with Crippen molar-refractivity contribution >= 4 is 0 Å². The highest BCUT2D eigenvalue weighted by molar-refractivity contribution is 4.87. The van der Waals surface area contributed by atoms with Crippen LogP contribution >= 0.6 is 0 Å². The molecule has 0 N–H and O–H groups in total. The van der Waals surface area contributed by atoms with E-state index in [2.05, 4.69) is 4.90 Å². The minimum Gasteiger partial charge on any atom is -0.303 e. The van der Waals surface area contributed by atoms with Gasteiger partial charge in [0.25, 0.3) is 0 Å². The van der Waals surface area contributed by atoms with Gasteiger partial charge < -0.3 is 4.90 Å². The average molecular weight is 165 g/mol. The molecule has 2 atom stereocenters. The topological polar surface area (TPSA) is 3.24 Å². The first kappa shape index (κ1) is 7.37. The molecule has 1 saturated carbocycles. The van der Waals surface area contributed by atoms with E-state index < -0.39 is 0 Å². The summed E-state index contributed by atoms with van der Waals surface area (Å²) in [6.45, 7) is 4.29. The molecule has 4 bridgehead atoms. The van der Waals surface area contributed by atoms with Gasteiger partial charge in [-0.2, -0.15) is 0 Å². The highest BCUT2D eigenvalue weighted by Crippen LogP contribution is 2.39. The van der Waals surface area contributed by atoms with Gasteiger partial charge in [0.05, 0.1) is 0 Å². The number of fused-ring (bicyclic) bond motifs is 2. The molecule has 1 nitrogen and oxygen atoms in total. The summed E-state index contributed by atoms with van der Waals surface area (Å²) in [5.74, 6) is 3.25. The molecule has 0 aromatic carbocycles. The van der Waals surface area contributed by atoms with Crippen molar-refractivity contribution in [2.45, 2.75) is 32.1 Å². The van der Waals surface area contributed by atoms with E-state index in [9.17, 15) is 0 Å². The second-order valence-electron chi connectivity index (χ2n) is 5.20. The molecule has 3 saturated heterocycles. The Morgan fingerprint density at radius 1 is 0.750 bits per heavy atom. The summed E-state index contributed by atoms with van der Waals surface area (Å²) in [6.07, 6.45) is 7.71. The van der Waals surface area contributed by atoms with E-state index in [1.807, 2.05) is 0 Å². The Kier molecular flexibility index (Phi) is 1.68. The van der Waals surface area contributed by atoms with Gasteiger partial charge in [0.1, 0.15) is 0 Å². The molecule has 68 valence electrons. The van der Waals surface area contributed by atoms with E-state index in [1.165, 1.54) is 38.9 Å². The first-order chi connectivity index (χ1) is 5.90. The number of hydrogen-bond acceptors (Lipinski definition) is 1. The SMILES string of the molecule is C1CN2CC3CCC(CC1C3)C2. The zero-order valence-electron chi connectivity index (χ0n) is 7.84. The van der Waals surface area contributed by atoms with Gasteiger partial charge in [-0.1, -0.05) is 0 Å². The van der Waals surface area contributed by atoms with E-state index in [0.717, 1.165) is 17.8 Å². The fraction of sp³-hybridized carbons (Fsp3) is 1.00. The van der Waals surface area contributed by atoms with Crippen molar-refractivity contribution in [1.29, 1.82) is 0 Å². The third-order valence-electron chi connectivity index (χ3n) is 4.20. The number of hydrogen-bond donors (Lipinski definition) is 0. The smallest absolute Gasteiger partial charge is 0.000988 e. The molecule has 0 spiro atoms. The fourth-order valence-electron chi connectivity index (χ4n) is 3.67. The summed E-state index contributed by atoms with van der Waals surface area (Å²) in [4.78, 5) is 2.75. The van der Waals surface area contributed by atoms with Crippen molar-refractivity contribution in [2.75, 3.05) is 19.6 Å². The Hall–Kier alpha value is -0.0400. The van der Waals surface area contributed by atoms with Crippen LogP contribution in [0, 0.1) is 17.8 Å². The molecule has 0 radical (unpaired) electrons. The molecular formula is C11H19N. The molecule has 4 aliphatic rings. The zero-order chi connectivity index (χ0) is 7.97. The van der Waals surface area contributed by atoms with Gasteiger partial charge in [0, 0.05) is 13.1 Å². The van der Waals surface area contributed by atoms with Crippen LogP contribution in [0.15, 0.2) is 0 Å². The van der Waals surface area contributed by atoms with E-state index in [1.54, 1.807) is 12.8 Å². The van der Waals surface area contributed by atoms with Gasteiger partial charge >= 0.3 is 0 Å². The Bertz CT molecular complexity index is 130. The van der Waals surface area contributed by atoms with Crippen molar-refractivity contribution in [3.8, 4) is 0 Å². The van der Waals surface area contributed by atoms with Gasteiger partial charge in [0.2, 0.25) is 0 Å². The summed E-state index contributed by atoms with van der Waals surface area (Å²) in [7, 11) is 0. The van der Waals surface area contributed by atoms with Gasteiger partial charge in [0.15, 0.2) is 0 Å². The second kappa shape index (κ2) is 2.73. The van der Waals surface area contributed by atoms with Crippen LogP contribution < -0.4 is 0 Å². The lowest BCUT2D eigenvalue weighted by atomic mass is 9.90. The van der Waals surface area contributed by atoms with Crippen LogP contribution in [-0.4, -0.2) is 24.5 Å². The number of nitrogens with zero attached hydrogens (tertiary/aromatic N) is 1. The van der Waals surface area contributed by atoms with Crippen LogP contribution in [0.2, 0.25) is 0 Å². The highest BCUT2D eigenvalue weighted by Gasteiger charge is 2.34. The average Bonchev–Trinajstić information content (AvgIpc) is 2.44. The molecule has 1 aliphatic carbocycles. The fourth-order valence-corrected chi connectivity index (χ4v) is 3.67. The molecule has 0 amide bonds. The standard InChI is InChI=1S/C11H19N/c1-2-11-6-9-3-4-12(8-11)7-10(1)5-9/h9-11H,1-8H2. The molecule has 4 fully saturated rings. The first-order valence-electron chi connectivity index (χ1n) is 5.62. The minimum absolute atomic E-state index is 1.07. The van der Waals surface area contributed by atoms with Crippen molar-refractivity contribution in [2.24, 2.45) is 17.8 Å². The van der Waals surface area contributed by atoms with Crippen molar-refractivity contribution in [3.63, 3.8) is 0 Å². The van der Waals surface area contributed by atoms with E-state index in [4.69, 9.17) is 0 Å². The molecule has 0 aromatic rings. The third kappa shape index (κ3) is 1.19. The maximum absolute atomic E-state index is 2.75. The zero-order valence-corrected chi connectivity index (χ0v) is 7.84. The van der Waals surface area contributed by atoms with Crippen LogP contribution in [0.3, 0.4) is 0 Å². The Labute approximate surface area is 75.1 Å². The van der Waals surface area contributed by atoms with Crippen LogP contribution in [0.5, 0.6) is 0 Å². The maximum Gasteiger partial charge on any atom is 0.000988 e. The van der Waals surface area contributed by atoms with Crippen LogP contribution in [0.25, 0.3) is 0 Å². The largest absolute Gasteiger partial charge is 0.303 e. The molecule has 3 heterocycles. The second-order valence-corrected chi connectivity index (χ2v) is 5.20.